The molecule has 12 heteroatoms. The number of aliphatic hydroxyl groups excluding tert-OH is 2. The smallest absolute Gasteiger partial charge is 0.168 e. The number of nitrogens with zero attached hydrogens (tertiary/aromatic N) is 5. The van der Waals surface area contributed by atoms with Crippen molar-refractivity contribution in [2.45, 2.75) is 50.1 Å². The number of para-hydroxylation sites is 2. The SMILES string of the molecule is COC[C@H]1OC(n2cnc3c(NCC(c4ccccc4)c4ccccc4)nc(CN(Cc4ccccc4OC)Cc4ccccc4OC)nc32)C(O)C1O. The first-order valence-corrected chi connectivity index (χ1v) is 18.0. The van der Waals surface area contributed by atoms with E-state index < -0.39 is 24.5 Å². The first-order chi connectivity index (χ1) is 26.5. The first-order valence-electron chi connectivity index (χ1n) is 18.0. The van der Waals surface area contributed by atoms with Crippen molar-refractivity contribution in [2.24, 2.45) is 0 Å². The standard InChI is InChI=1S/C42H46N6O6/c1-51-26-35-38(49)39(50)42(54-35)48-27-44-37-40(43-22-32(28-14-6-4-7-15-28)29-16-8-5-9-17-29)45-36(46-41(37)48)25-47(23-30-18-10-12-20-33(30)52-2)24-31-19-11-13-21-34(31)53-3/h4-21,27,32,35,38-39,42,49-50H,22-26H2,1-3H3,(H,43,45,46)/t35-,38?,39?,42?/m1/s1. The number of rotatable bonds is 16. The molecule has 6 aromatic rings. The zero-order chi connectivity index (χ0) is 37.4. The number of fused-ring (bicyclic) bond motifs is 1. The number of aromatic nitrogens is 4. The van der Waals surface area contributed by atoms with Crippen molar-refractivity contribution in [1.29, 1.82) is 0 Å². The molecule has 3 N–H and O–H groups in total. The molecule has 280 valence electrons. The van der Waals surface area contributed by atoms with E-state index in [0.717, 1.165) is 33.8 Å². The van der Waals surface area contributed by atoms with Crippen LogP contribution >= 0.6 is 0 Å². The zero-order valence-corrected chi connectivity index (χ0v) is 30.7. The molecule has 0 aliphatic carbocycles. The predicted molar refractivity (Wildman–Crippen MR) is 205 cm³/mol. The van der Waals surface area contributed by atoms with Crippen molar-refractivity contribution in [3.8, 4) is 11.5 Å². The van der Waals surface area contributed by atoms with Gasteiger partial charge in [0.15, 0.2) is 23.2 Å². The Kier molecular flexibility index (Phi) is 11.8. The number of methoxy groups -OCH3 is 3. The third-order valence-electron chi connectivity index (χ3n) is 9.83. The van der Waals surface area contributed by atoms with E-state index in [-0.39, 0.29) is 12.5 Å². The van der Waals surface area contributed by atoms with E-state index >= 15 is 0 Å². The molecule has 1 saturated heterocycles. The van der Waals surface area contributed by atoms with Crippen molar-refractivity contribution >= 4 is 17.0 Å². The molecule has 1 aliphatic rings. The lowest BCUT2D eigenvalue weighted by molar-refractivity contribution is -0.0580. The molecule has 0 bridgehead atoms. The van der Waals surface area contributed by atoms with Gasteiger partial charge >= 0.3 is 0 Å². The highest BCUT2D eigenvalue weighted by Gasteiger charge is 2.44. The van der Waals surface area contributed by atoms with Crippen LogP contribution in [0.3, 0.4) is 0 Å². The quantitative estimate of drug-likeness (QED) is 0.116. The van der Waals surface area contributed by atoms with Gasteiger partial charge in [0.2, 0.25) is 0 Å². The van der Waals surface area contributed by atoms with Crippen molar-refractivity contribution in [1.82, 2.24) is 24.4 Å². The number of imidazole rings is 1. The molecule has 12 nitrogen and oxygen atoms in total. The average molecular weight is 731 g/mol. The molecule has 3 heterocycles. The fraction of sp³-hybridized carbons (Fsp3) is 0.310. The van der Waals surface area contributed by atoms with Gasteiger partial charge in [-0.3, -0.25) is 9.47 Å². The summed E-state index contributed by atoms with van der Waals surface area (Å²) < 4.78 is 24.5. The minimum atomic E-state index is -1.23. The Hall–Kier alpha value is -5.37. The molecule has 7 rings (SSSR count). The predicted octanol–water partition coefficient (Wildman–Crippen LogP) is 5.56. The van der Waals surface area contributed by atoms with E-state index in [1.807, 2.05) is 84.9 Å². The normalized spacial score (nSPS) is 18.4. The van der Waals surface area contributed by atoms with Gasteiger partial charge in [0.05, 0.1) is 33.7 Å². The minimum Gasteiger partial charge on any atom is -0.496 e. The second-order valence-corrected chi connectivity index (χ2v) is 13.3. The van der Waals surface area contributed by atoms with Gasteiger partial charge in [0.1, 0.15) is 35.6 Å². The topological polar surface area (TPSA) is 136 Å². The molecular weight excluding hydrogens is 684 g/mol. The van der Waals surface area contributed by atoms with Crippen molar-refractivity contribution in [2.75, 3.05) is 39.8 Å². The fourth-order valence-corrected chi connectivity index (χ4v) is 7.12. The summed E-state index contributed by atoms with van der Waals surface area (Å²) in [7, 11) is 4.87. The second-order valence-electron chi connectivity index (χ2n) is 13.3. The summed E-state index contributed by atoms with van der Waals surface area (Å²) in [6.45, 7) is 2.05. The molecule has 3 unspecified atom stereocenters. The van der Waals surface area contributed by atoms with Gasteiger partial charge in [-0.15, -0.1) is 0 Å². The van der Waals surface area contributed by atoms with Crippen LogP contribution in [0.5, 0.6) is 11.5 Å². The van der Waals surface area contributed by atoms with Gasteiger partial charge in [-0.2, -0.15) is 0 Å². The summed E-state index contributed by atoms with van der Waals surface area (Å²) in [4.78, 5) is 17.2. The van der Waals surface area contributed by atoms with Crippen LogP contribution in [0, 0.1) is 0 Å². The van der Waals surface area contributed by atoms with Crippen LogP contribution in [0.1, 0.15) is 40.2 Å². The van der Waals surface area contributed by atoms with E-state index in [4.69, 9.17) is 33.9 Å². The summed E-state index contributed by atoms with van der Waals surface area (Å²) in [6.07, 6.45) is -2.47. The van der Waals surface area contributed by atoms with E-state index in [1.165, 1.54) is 7.11 Å². The van der Waals surface area contributed by atoms with E-state index in [0.29, 0.717) is 49.0 Å². The van der Waals surface area contributed by atoms with Gasteiger partial charge in [0, 0.05) is 43.8 Å². The maximum absolute atomic E-state index is 11.2. The summed E-state index contributed by atoms with van der Waals surface area (Å²) in [6, 6.07) is 36.6. The van der Waals surface area contributed by atoms with Gasteiger partial charge in [0.25, 0.3) is 0 Å². The number of anilines is 1. The van der Waals surface area contributed by atoms with Gasteiger partial charge in [-0.1, -0.05) is 97.1 Å². The summed E-state index contributed by atoms with van der Waals surface area (Å²) in [5, 5.41) is 25.6. The number of benzene rings is 4. The Balaban J connectivity index is 1.29. The van der Waals surface area contributed by atoms with E-state index in [2.05, 4.69) is 34.5 Å². The molecule has 4 aromatic carbocycles. The maximum Gasteiger partial charge on any atom is 0.168 e. The molecule has 0 saturated carbocycles. The van der Waals surface area contributed by atoms with Gasteiger partial charge in [-0.25, -0.2) is 15.0 Å². The largest absolute Gasteiger partial charge is 0.496 e. The lowest BCUT2D eigenvalue weighted by atomic mass is 9.91. The lowest BCUT2D eigenvalue weighted by Gasteiger charge is -2.24. The number of hydrogen-bond acceptors (Lipinski definition) is 11. The number of ether oxygens (including phenoxy) is 4. The molecule has 4 atom stereocenters. The third kappa shape index (κ3) is 8.08. The highest BCUT2D eigenvalue weighted by atomic mass is 16.6. The van der Waals surface area contributed by atoms with Crippen LogP contribution in [0.15, 0.2) is 116 Å². The van der Waals surface area contributed by atoms with Crippen LogP contribution in [-0.2, 0) is 29.1 Å². The first kappa shape index (κ1) is 37.0. The number of hydrogen-bond donors (Lipinski definition) is 3. The Bertz CT molecular complexity index is 2030. The van der Waals surface area contributed by atoms with Crippen LogP contribution in [0.2, 0.25) is 0 Å². The Morgan fingerprint density at radius 1 is 0.741 bits per heavy atom. The lowest BCUT2D eigenvalue weighted by Crippen LogP contribution is -2.33. The van der Waals surface area contributed by atoms with Crippen LogP contribution in [-0.4, -0.2) is 87.4 Å². The van der Waals surface area contributed by atoms with E-state index in [1.54, 1.807) is 25.1 Å². The van der Waals surface area contributed by atoms with E-state index in [9.17, 15) is 10.2 Å². The summed E-state index contributed by atoms with van der Waals surface area (Å²) >= 11 is 0. The average Bonchev–Trinajstić information content (AvgIpc) is 3.75. The summed E-state index contributed by atoms with van der Waals surface area (Å²) in [5.74, 6) is 2.64. The Labute approximate surface area is 315 Å². The minimum absolute atomic E-state index is 0.0143. The second kappa shape index (κ2) is 17.2. The van der Waals surface area contributed by atoms with Crippen LogP contribution in [0.4, 0.5) is 5.82 Å². The highest BCUT2D eigenvalue weighted by Crippen LogP contribution is 2.34. The molecular formula is C42H46N6O6. The van der Waals surface area contributed by atoms with Gasteiger partial charge < -0.3 is 34.5 Å². The Morgan fingerprint density at radius 3 is 1.89 bits per heavy atom. The van der Waals surface area contributed by atoms with Crippen LogP contribution in [0.25, 0.3) is 11.2 Å². The molecule has 1 aliphatic heterocycles. The molecule has 0 radical (unpaired) electrons. The van der Waals surface area contributed by atoms with Crippen molar-refractivity contribution in [3.63, 3.8) is 0 Å². The maximum atomic E-state index is 11.2. The summed E-state index contributed by atoms with van der Waals surface area (Å²) in [5.41, 5.74) is 5.31. The number of nitrogens with one attached hydrogen (secondary N) is 1. The highest BCUT2D eigenvalue weighted by molar-refractivity contribution is 5.83. The number of aliphatic hydroxyl groups is 2. The monoisotopic (exact) mass is 730 g/mol. The molecule has 0 amide bonds. The molecule has 0 spiro atoms. The third-order valence-corrected chi connectivity index (χ3v) is 9.83. The Morgan fingerprint density at radius 2 is 1.31 bits per heavy atom. The van der Waals surface area contributed by atoms with Crippen LogP contribution < -0.4 is 14.8 Å². The molecule has 54 heavy (non-hydrogen) atoms. The van der Waals surface area contributed by atoms with Crippen molar-refractivity contribution < 1.29 is 29.2 Å². The van der Waals surface area contributed by atoms with Crippen molar-refractivity contribution in [3.05, 3.63) is 144 Å². The molecule has 2 aromatic heterocycles. The molecule has 1 fully saturated rings. The van der Waals surface area contributed by atoms with Gasteiger partial charge in [-0.05, 0) is 23.3 Å². The fourth-order valence-electron chi connectivity index (χ4n) is 7.12. The zero-order valence-electron chi connectivity index (χ0n) is 30.7.